The lowest BCUT2D eigenvalue weighted by Crippen LogP contribution is -2.28. The number of thiazole rings is 1. The molecule has 1 aliphatic rings. The molecular weight excluding hydrogens is 450 g/mol. The van der Waals surface area contributed by atoms with E-state index in [0.717, 1.165) is 29.8 Å². The molecule has 1 aliphatic heterocycles. The first kappa shape index (κ1) is 23.6. The van der Waals surface area contributed by atoms with Crippen LogP contribution in [0.25, 0.3) is 11.3 Å². The fraction of sp³-hybridized carbons (Fsp3) is 0.320. The van der Waals surface area contributed by atoms with E-state index in [0.29, 0.717) is 24.8 Å². The highest BCUT2D eigenvalue weighted by molar-refractivity contribution is 7.14. The van der Waals surface area contributed by atoms with Crippen molar-refractivity contribution in [3.05, 3.63) is 65.3 Å². The third-order valence-corrected chi connectivity index (χ3v) is 6.42. The monoisotopic (exact) mass is 477 g/mol. The SMILES string of the molecule is CC(=O)NCCCc1ccc(-c2csc(NC(=O)C3CC(=O)N(Cc4ccccn4)C3)n2)cc1. The Morgan fingerprint density at radius 1 is 1.18 bits per heavy atom. The van der Waals surface area contributed by atoms with Crippen molar-refractivity contribution < 1.29 is 14.4 Å². The molecule has 34 heavy (non-hydrogen) atoms. The van der Waals surface area contributed by atoms with E-state index in [2.05, 4.69) is 32.7 Å². The number of nitrogens with one attached hydrogen (secondary N) is 2. The van der Waals surface area contributed by atoms with Gasteiger partial charge in [0.25, 0.3) is 0 Å². The summed E-state index contributed by atoms with van der Waals surface area (Å²) in [6.07, 6.45) is 3.66. The van der Waals surface area contributed by atoms with Crippen molar-refractivity contribution >= 4 is 34.2 Å². The molecule has 0 spiro atoms. The molecule has 176 valence electrons. The minimum absolute atomic E-state index is 0.0110. The second kappa shape index (κ2) is 11.0. The summed E-state index contributed by atoms with van der Waals surface area (Å²) in [5.74, 6) is -0.640. The van der Waals surface area contributed by atoms with Crippen molar-refractivity contribution in [3.63, 3.8) is 0 Å². The van der Waals surface area contributed by atoms with Crippen molar-refractivity contribution in [3.8, 4) is 11.3 Å². The van der Waals surface area contributed by atoms with Crippen LogP contribution in [0.5, 0.6) is 0 Å². The number of carbonyl (C=O) groups is 3. The Kier molecular flexibility index (Phi) is 7.64. The maximum atomic E-state index is 12.8. The van der Waals surface area contributed by atoms with Crippen LogP contribution in [0, 0.1) is 5.92 Å². The van der Waals surface area contributed by atoms with E-state index >= 15 is 0 Å². The van der Waals surface area contributed by atoms with Gasteiger partial charge in [0.2, 0.25) is 17.7 Å². The summed E-state index contributed by atoms with van der Waals surface area (Å²) in [6, 6.07) is 13.7. The molecule has 4 rings (SSSR count). The zero-order chi connectivity index (χ0) is 23.9. The highest BCUT2D eigenvalue weighted by atomic mass is 32.1. The average molecular weight is 478 g/mol. The van der Waals surface area contributed by atoms with Gasteiger partial charge in [-0.25, -0.2) is 4.98 Å². The summed E-state index contributed by atoms with van der Waals surface area (Å²) in [6.45, 7) is 2.97. The number of carbonyl (C=O) groups excluding carboxylic acids is 3. The van der Waals surface area contributed by atoms with E-state index in [-0.39, 0.29) is 24.1 Å². The third-order valence-electron chi connectivity index (χ3n) is 5.66. The van der Waals surface area contributed by atoms with Gasteiger partial charge >= 0.3 is 0 Å². The van der Waals surface area contributed by atoms with Gasteiger partial charge in [0.1, 0.15) is 0 Å². The highest BCUT2D eigenvalue weighted by Crippen LogP contribution is 2.27. The van der Waals surface area contributed by atoms with Crippen LogP contribution in [0.3, 0.4) is 0 Å². The number of likely N-dealkylation sites (tertiary alicyclic amines) is 1. The normalized spacial score (nSPS) is 15.4. The number of amides is 3. The Labute approximate surface area is 202 Å². The summed E-state index contributed by atoms with van der Waals surface area (Å²) < 4.78 is 0. The number of hydrogen-bond acceptors (Lipinski definition) is 6. The average Bonchev–Trinajstić information content (AvgIpc) is 3.44. The molecule has 1 atom stereocenters. The molecule has 1 saturated heterocycles. The Bertz CT molecular complexity index is 1150. The minimum Gasteiger partial charge on any atom is -0.356 e. The predicted molar refractivity (Wildman–Crippen MR) is 131 cm³/mol. The molecule has 1 aromatic carbocycles. The smallest absolute Gasteiger partial charge is 0.231 e. The Morgan fingerprint density at radius 3 is 2.74 bits per heavy atom. The first-order valence-electron chi connectivity index (χ1n) is 11.3. The van der Waals surface area contributed by atoms with Crippen LogP contribution in [0.2, 0.25) is 0 Å². The standard InChI is InChI=1S/C25H27N5O3S/c1-17(31)26-12-4-5-18-7-9-19(10-8-18)22-16-34-25(28-22)29-24(33)20-13-23(32)30(14-20)15-21-6-2-3-11-27-21/h2-3,6-11,16,20H,4-5,12-15H2,1H3,(H,26,31)(H,28,29,33). The van der Waals surface area contributed by atoms with E-state index in [1.54, 1.807) is 11.1 Å². The molecule has 1 fully saturated rings. The van der Waals surface area contributed by atoms with Crippen molar-refractivity contribution in [2.75, 3.05) is 18.4 Å². The Balaban J connectivity index is 1.29. The maximum Gasteiger partial charge on any atom is 0.231 e. The zero-order valence-corrected chi connectivity index (χ0v) is 19.8. The van der Waals surface area contributed by atoms with Gasteiger partial charge in [-0.3, -0.25) is 19.4 Å². The fourth-order valence-corrected chi connectivity index (χ4v) is 4.58. The largest absolute Gasteiger partial charge is 0.356 e. The topological polar surface area (TPSA) is 104 Å². The van der Waals surface area contributed by atoms with E-state index in [4.69, 9.17) is 0 Å². The van der Waals surface area contributed by atoms with Crippen LogP contribution < -0.4 is 10.6 Å². The fourth-order valence-electron chi connectivity index (χ4n) is 3.86. The first-order valence-corrected chi connectivity index (χ1v) is 12.1. The van der Waals surface area contributed by atoms with Gasteiger partial charge in [-0.1, -0.05) is 30.3 Å². The van der Waals surface area contributed by atoms with Crippen LogP contribution in [0.1, 0.15) is 31.0 Å². The number of pyridine rings is 1. The summed E-state index contributed by atoms with van der Waals surface area (Å²) in [5, 5.41) is 8.11. The van der Waals surface area contributed by atoms with Crippen LogP contribution in [0.15, 0.2) is 54.0 Å². The molecule has 8 nitrogen and oxygen atoms in total. The van der Waals surface area contributed by atoms with Crippen molar-refractivity contribution in [2.45, 2.75) is 32.7 Å². The van der Waals surface area contributed by atoms with Crippen LogP contribution >= 0.6 is 11.3 Å². The number of hydrogen-bond donors (Lipinski definition) is 2. The molecule has 3 aromatic rings. The molecular formula is C25H27N5O3S. The van der Waals surface area contributed by atoms with Gasteiger partial charge in [-0.2, -0.15) is 0 Å². The van der Waals surface area contributed by atoms with Crippen LogP contribution in [-0.2, 0) is 27.3 Å². The summed E-state index contributed by atoms with van der Waals surface area (Å²) in [4.78, 5) is 46.5. The quantitative estimate of drug-likeness (QED) is 0.461. The summed E-state index contributed by atoms with van der Waals surface area (Å²) in [7, 11) is 0. The molecule has 9 heteroatoms. The first-order chi connectivity index (χ1) is 16.5. The molecule has 1 unspecified atom stereocenters. The maximum absolute atomic E-state index is 12.8. The lowest BCUT2D eigenvalue weighted by molar-refractivity contribution is -0.128. The molecule has 3 heterocycles. The van der Waals surface area contributed by atoms with E-state index < -0.39 is 5.92 Å². The van der Waals surface area contributed by atoms with Crippen molar-refractivity contribution in [2.24, 2.45) is 5.92 Å². The minimum atomic E-state index is -0.402. The van der Waals surface area contributed by atoms with Crippen molar-refractivity contribution in [1.82, 2.24) is 20.2 Å². The number of nitrogens with zero attached hydrogens (tertiary/aromatic N) is 3. The predicted octanol–water partition coefficient (Wildman–Crippen LogP) is 3.26. The van der Waals surface area contributed by atoms with Crippen molar-refractivity contribution in [1.29, 1.82) is 0 Å². The molecule has 2 aromatic heterocycles. The molecule has 0 bridgehead atoms. The Morgan fingerprint density at radius 2 is 2.00 bits per heavy atom. The molecule has 0 saturated carbocycles. The molecule has 0 aliphatic carbocycles. The van der Waals surface area contributed by atoms with Gasteiger partial charge < -0.3 is 15.5 Å². The molecule has 3 amide bonds. The Hall–Kier alpha value is -3.59. The molecule has 0 radical (unpaired) electrons. The van der Waals surface area contributed by atoms with Gasteiger partial charge in [0.05, 0.1) is 23.9 Å². The van der Waals surface area contributed by atoms with Gasteiger partial charge in [-0.05, 0) is 30.5 Å². The zero-order valence-electron chi connectivity index (χ0n) is 19.0. The number of benzene rings is 1. The molecule has 2 N–H and O–H groups in total. The number of rotatable bonds is 9. The third kappa shape index (κ3) is 6.26. The number of aryl methyl sites for hydroxylation is 1. The van der Waals surface area contributed by atoms with Gasteiger partial charge in [0.15, 0.2) is 5.13 Å². The van der Waals surface area contributed by atoms with Gasteiger partial charge in [-0.15, -0.1) is 11.3 Å². The number of anilines is 1. The van der Waals surface area contributed by atoms with E-state index in [1.165, 1.54) is 23.8 Å². The van der Waals surface area contributed by atoms with E-state index in [1.807, 2.05) is 35.7 Å². The van der Waals surface area contributed by atoms with Crippen LogP contribution in [-0.4, -0.2) is 45.7 Å². The van der Waals surface area contributed by atoms with Gasteiger partial charge in [0, 0.05) is 43.6 Å². The summed E-state index contributed by atoms with van der Waals surface area (Å²) >= 11 is 1.37. The van der Waals surface area contributed by atoms with E-state index in [9.17, 15) is 14.4 Å². The number of aromatic nitrogens is 2. The lowest BCUT2D eigenvalue weighted by atomic mass is 10.1. The van der Waals surface area contributed by atoms with Crippen LogP contribution in [0.4, 0.5) is 5.13 Å². The highest BCUT2D eigenvalue weighted by Gasteiger charge is 2.34. The second-order valence-electron chi connectivity index (χ2n) is 8.31. The second-order valence-corrected chi connectivity index (χ2v) is 9.17. The summed E-state index contributed by atoms with van der Waals surface area (Å²) in [5.41, 5.74) is 3.77. The lowest BCUT2D eigenvalue weighted by Gasteiger charge is -2.15.